The SMILES string of the molecule is Cc1ccc(C(=O)NC2CCN(CCn3nc4n(c3=O)CCCC4)C2)cc1. The Labute approximate surface area is 159 Å². The molecule has 1 amide bonds. The van der Waals surface area contributed by atoms with Crippen molar-refractivity contribution in [3.8, 4) is 0 Å². The predicted molar refractivity (Wildman–Crippen MR) is 103 cm³/mol. The highest BCUT2D eigenvalue weighted by Gasteiger charge is 2.24. The Bertz CT molecular complexity index is 867. The van der Waals surface area contributed by atoms with E-state index in [1.165, 1.54) is 0 Å². The lowest BCUT2D eigenvalue weighted by Crippen LogP contribution is -2.38. The van der Waals surface area contributed by atoms with Gasteiger partial charge in [0.05, 0.1) is 6.54 Å². The maximum atomic E-state index is 12.4. The molecule has 1 unspecified atom stereocenters. The fourth-order valence-corrected chi connectivity index (χ4v) is 3.96. The molecule has 0 aliphatic carbocycles. The molecule has 1 aromatic carbocycles. The largest absolute Gasteiger partial charge is 0.348 e. The van der Waals surface area contributed by atoms with Crippen LogP contribution in [0.1, 0.15) is 41.0 Å². The fourth-order valence-electron chi connectivity index (χ4n) is 3.96. The third-order valence-corrected chi connectivity index (χ3v) is 5.58. The van der Waals surface area contributed by atoms with Crippen molar-refractivity contribution in [2.24, 2.45) is 0 Å². The van der Waals surface area contributed by atoms with Gasteiger partial charge in [0.1, 0.15) is 5.82 Å². The summed E-state index contributed by atoms with van der Waals surface area (Å²) in [6, 6.07) is 7.80. The summed E-state index contributed by atoms with van der Waals surface area (Å²) in [4.78, 5) is 27.1. The summed E-state index contributed by atoms with van der Waals surface area (Å²) < 4.78 is 3.43. The number of hydrogen-bond acceptors (Lipinski definition) is 4. The molecule has 4 rings (SSSR count). The molecule has 2 aromatic rings. The molecule has 2 aliphatic heterocycles. The van der Waals surface area contributed by atoms with E-state index in [0.29, 0.717) is 12.1 Å². The number of carbonyl (C=O) groups is 1. The second-order valence-corrected chi connectivity index (χ2v) is 7.66. The van der Waals surface area contributed by atoms with Crippen LogP contribution < -0.4 is 11.0 Å². The van der Waals surface area contributed by atoms with Gasteiger partial charge in [0, 0.05) is 44.2 Å². The zero-order chi connectivity index (χ0) is 18.8. The number of fused-ring (bicyclic) bond motifs is 1. The van der Waals surface area contributed by atoms with Gasteiger partial charge in [-0.25, -0.2) is 9.48 Å². The minimum Gasteiger partial charge on any atom is -0.348 e. The fraction of sp³-hybridized carbons (Fsp3) is 0.550. The summed E-state index contributed by atoms with van der Waals surface area (Å²) in [6.45, 7) is 5.95. The van der Waals surface area contributed by atoms with Crippen molar-refractivity contribution < 1.29 is 4.79 Å². The Hall–Kier alpha value is -2.41. The van der Waals surface area contributed by atoms with E-state index < -0.39 is 0 Å². The second-order valence-electron chi connectivity index (χ2n) is 7.66. The van der Waals surface area contributed by atoms with E-state index in [2.05, 4.69) is 15.3 Å². The van der Waals surface area contributed by atoms with Crippen LogP contribution in [-0.2, 0) is 19.5 Å². The zero-order valence-corrected chi connectivity index (χ0v) is 15.9. The number of nitrogens with zero attached hydrogens (tertiary/aromatic N) is 4. The van der Waals surface area contributed by atoms with E-state index in [0.717, 1.165) is 63.3 Å². The maximum Gasteiger partial charge on any atom is 0.345 e. The Morgan fingerprint density at radius 2 is 2.00 bits per heavy atom. The average molecular weight is 369 g/mol. The van der Waals surface area contributed by atoms with Crippen LogP contribution in [0.25, 0.3) is 0 Å². The summed E-state index contributed by atoms with van der Waals surface area (Å²) in [7, 11) is 0. The quantitative estimate of drug-likeness (QED) is 0.859. The molecule has 7 heteroatoms. The molecule has 0 spiro atoms. The van der Waals surface area contributed by atoms with Crippen LogP contribution in [0.2, 0.25) is 0 Å². The number of carbonyl (C=O) groups excluding carboxylic acids is 1. The molecule has 1 aromatic heterocycles. The van der Waals surface area contributed by atoms with Crippen LogP contribution in [0.3, 0.4) is 0 Å². The summed E-state index contributed by atoms with van der Waals surface area (Å²) in [5, 5.41) is 7.62. The molecule has 1 saturated heterocycles. The van der Waals surface area contributed by atoms with E-state index in [1.807, 2.05) is 35.8 Å². The molecule has 0 bridgehead atoms. The number of nitrogens with one attached hydrogen (secondary N) is 1. The Morgan fingerprint density at radius 3 is 2.78 bits per heavy atom. The van der Waals surface area contributed by atoms with Crippen LogP contribution in [0.5, 0.6) is 0 Å². The summed E-state index contributed by atoms with van der Waals surface area (Å²) in [6.07, 6.45) is 4.02. The van der Waals surface area contributed by atoms with Gasteiger partial charge < -0.3 is 5.32 Å². The van der Waals surface area contributed by atoms with Gasteiger partial charge >= 0.3 is 5.69 Å². The molecule has 1 N–H and O–H groups in total. The molecule has 27 heavy (non-hydrogen) atoms. The van der Waals surface area contributed by atoms with Crippen molar-refractivity contribution >= 4 is 5.91 Å². The lowest BCUT2D eigenvalue weighted by Gasteiger charge is -2.16. The highest BCUT2D eigenvalue weighted by Crippen LogP contribution is 2.12. The number of benzene rings is 1. The molecule has 0 radical (unpaired) electrons. The van der Waals surface area contributed by atoms with E-state index in [-0.39, 0.29) is 17.6 Å². The average Bonchev–Trinajstić information content (AvgIpc) is 3.25. The monoisotopic (exact) mass is 369 g/mol. The van der Waals surface area contributed by atoms with Gasteiger partial charge in [-0.15, -0.1) is 0 Å². The van der Waals surface area contributed by atoms with Crippen LogP contribution in [0, 0.1) is 6.92 Å². The van der Waals surface area contributed by atoms with Crippen molar-refractivity contribution in [2.45, 2.75) is 51.7 Å². The standard InChI is InChI=1S/C20H27N5O2/c1-15-5-7-16(8-6-15)19(26)21-17-9-11-23(14-17)12-13-25-20(27)24-10-3-2-4-18(24)22-25/h5-8,17H,2-4,9-14H2,1H3,(H,21,26). The Balaban J connectivity index is 1.29. The Morgan fingerprint density at radius 1 is 1.19 bits per heavy atom. The molecule has 144 valence electrons. The van der Waals surface area contributed by atoms with Gasteiger partial charge in [0.2, 0.25) is 0 Å². The first kappa shape index (κ1) is 18.0. The second kappa shape index (κ2) is 7.68. The third kappa shape index (κ3) is 3.98. The summed E-state index contributed by atoms with van der Waals surface area (Å²) in [5.41, 5.74) is 1.87. The van der Waals surface area contributed by atoms with E-state index in [4.69, 9.17) is 0 Å². The van der Waals surface area contributed by atoms with Crippen LogP contribution >= 0.6 is 0 Å². The minimum atomic E-state index is -0.0140. The van der Waals surface area contributed by atoms with Gasteiger partial charge in [-0.3, -0.25) is 14.3 Å². The van der Waals surface area contributed by atoms with Crippen molar-refractivity contribution in [2.75, 3.05) is 19.6 Å². The van der Waals surface area contributed by atoms with Gasteiger partial charge in [-0.1, -0.05) is 17.7 Å². The van der Waals surface area contributed by atoms with Gasteiger partial charge in [0.15, 0.2) is 0 Å². The van der Waals surface area contributed by atoms with Crippen LogP contribution in [0.15, 0.2) is 29.1 Å². The first-order valence-electron chi connectivity index (χ1n) is 9.86. The maximum absolute atomic E-state index is 12.4. The number of aromatic nitrogens is 3. The number of amides is 1. The molecule has 0 saturated carbocycles. The first-order chi connectivity index (χ1) is 13.1. The van der Waals surface area contributed by atoms with Crippen LogP contribution in [-0.4, -0.2) is 50.8 Å². The minimum absolute atomic E-state index is 0.0140. The highest BCUT2D eigenvalue weighted by molar-refractivity contribution is 5.94. The number of rotatable bonds is 5. The van der Waals surface area contributed by atoms with E-state index >= 15 is 0 Å². The molecule has 1 fully saturated rings. The van der Waals surface area contributed by atoms with E-state index in [9.17, 15) is 9.59 Å². The Kier molecular flexibility index (Phi) is 5.11. The van der Waals surface area contributed by atoms with E-state index in [1.54, 1.807) is 4.68 Å². The van der Waals surface area contributed by atoms with Crippen molar-refractivity contribution in [1.29, 1.82) is 0 Å². The van der Waals surface area contributed by atoms with Crippen molar-refractivity contribution in [1.82, 2.24) is 24.6 Å². The third-order valence-electron chi connectivity index (χ3n) is 5.58. The number of hydrogen-bond donors (Lipinski definition) is 1. The van der Waals surface area contributed by atoms with Gasteiger partial charge in [-0.05, 0) is 38.3 Å². The molecular weight excluding hydrogens is 342 g/mol. The topological polar surface area (TPSA) is 72.2 Å². The van der Waals surface area contributed by atoms with Crippen LogP contribution in [0.4, 0.5) is 0 Å². The van der Waals surface area contributed by atoms with Crippen molar-refractivity contribution in [3.05, 3.63) is 51.7 Å². The van der Waals surface area contributed by atoms with Gasteiger partial charge in [0.25, 0.3) is 5.91 Å². The summed E-state index contributed by atoms with van der Waals surface area (Å²) >= 11 is 0. The molecule has 7 nitrogen and oxygen atoms in total. The zero-order valence-electron chi connectivity index (χ0n) is 15.9. The first-order valence-corrected chi connectivity index (χ1v) is 9.86. The highest BCUT2D eigenvalue weighted by atomic mass is 16.2. The lowest BCUT2D eigenvalue weighted by atomic mass is 10.1. The predicted octanol–water partition coefficient (Wildman–Crippen LogP) is 1.19. The lowest BCUT2D eigenvalue weighted by molar-refractivity contribution is 0.0937. The number of aryl methyl sites for hydroxylation is 2. The molecular formula is C20H27N5O2. The normalized spacial score (nSPS) is 19.8. The number of likely N-dealkylation sites (tertiary alicyclic amines) is 1. The van der Waals surface area contributed by atoms with Gasteiger partial charge in [-0.2, -0.15) is 5.10 Å². The molecule has 1 atom stereocenters. The molecule has 2 aliphatic rings. The van der Waals surface area contributed by atoms with Crippen molar-refractivity contribution in [3.63, 3.8) is 0 Å². The summed E-state index contributed by atoms with van der Waals surface area (Å²) in [5.74, 6) is 0.913. The smallest absolute Gasteiger partial charge is 0.345 e. The molecule has 3 heterocycles.